The summed E-state index contributed by atoms with van der Waals surface area (Å²) in [5, 5.41) is 9.16. The molecule has 0 bridgehead atoms. The number of methoxy groups -OCH3 is 1. The van der Waals surface area contributed by atoms with Gasteiger partial charge in [0.2, 0.25) is 0 Å². The first-order valence-electron chi connectivity index (χ1n) is 10.6. The Balaban J connectivity index is 1.84. The molecule has 1 amide bonds. The molecule has 31 heavy (non-hydrogen) atoms. The van der Waals surface area contributed by atoms with Gasteiger partial charge in [-0.25, -0.2) is 4.79 Å². The quantitative estimate of drug-likeness (QED) is 0.646. The molecule has 1 heterocycles. The van der Waals surface area contributed by atoms with E-state index in [2.05, 4.69) is 24.3 Å². The van der Waals surface area contributed by atoms with E-state index in [1.807, 2.05) is 57.2 Å². The first-order chi connectivity index (χ1) is 14.8. The second-order valence-corrected chi connectivity index (χ2v) is 8.85. The van der Waals surface area contributed by atoms with Gasteiger partial charge in [-0.1, -0.05) is 36.4 Å². The lowest BCUT2D eigenvalue weighted by Gasteiger charge is -2.38. The number of carbonyl (C=O) groups excluding carboxylic acids is 1. The summed E-state index contributed by atoms with van der Waals surface area (Å²) in [6.45, 7) is 6.89. The van der Waals surface area contributed by atoms with E-state index in [9.17, 15) is 4.79 Å². The molecule has 5 nitrogen and oxygen atoms in total. The van der Waals surface area contributed by atoms with Gasteiger partial charge in [-0.3, -0.25) is 0 Å². The predicted molar refractivity (Wildman–Crippen MR) is 122 cm³/mol. The molecule has 2 atom stereocenters. The topological polar surface area (TPSA) is 62.6 Å². The van der Waals surface area contributed by atoms with E-state index >= 15 is 0 Å². The molecule has 2 aromatic rings. The van der Waals surface area contributed by atoms with Crippen LogP contribution < -0.4 is 4.74 Å². The highest BCUT2D eigenvalue weighted by molar-refractivity contribution is 5.68. The Hall–Kier alpha value is -3.26. The molecule has 3 rings (SSSR count). The Kier molecular flexibility index (Phi) is 7.02. The molecule has 0 radical (unpaired) electrons. The van der Waals surface area contributed by atoms with Crippen molar-refractivity contribution >= 4 is 12.2 Å². The van der Waals surface area contributed by atoms with Crippen molar-refractivity contribution in [3.63, 3.8) is 0 Å². The Morgan fingerprint density at radius 1 is 1.19 bits per heavy atom. The smallest absolute Gasteiger partial charge is 0.410 e. The summed E-state index contributed by atoms with van der Waals surface area (Å²) < 4.78 is 10.9. The minimum absolute atomic E-state index is 0.125. The average molecular weight is 419 g/mol. The highest BCUT2D eigenvalue weighted by atomic mass is 16.6. The molecule has 2 aromatic carbocycles. The van der Waals surface area contributed by atoms with Crippen molar-refractivity contribution in [1.82, 2.24) is 4.90 Å². The number of rotatable bonds is 4. The highest BCUT2D eigenvalue weighted by Gasteiger charge is 2.33. The Morgan fingerprint density at radius 2 is 1.94 bits per heavy atom. The first-order valence-corrected chi connectivity index (χ1v) is 10.6. The van der Waals surface area contributed by atoms with Crippen LogP contribution in [0.25, 0.3) is 6.08 Å². The van der Waals surface area contributed by atoms with E-state index in [-0.39, 0.29) is 17.9 Å². The summed E-state index contributed by atoms with van der Waals surface area (Å²) in [7, 11) is 1.66. The van der Waals surface area contributed by atoms with Gasteiger partial charge in [-0.05, 0) is 68.5 Å². The maximum absolute atomic E-state index is 12.7. The molecule has 0 spiro atoms. The van der Waals surface area contributed by atoms with Crippen LogP contribution in [-0.4, -0.2) is 36.8 Å². The lowest BCUT2D eigenvalue weighted by molar-refractivity contribution is 0.0170. The predicted octanol–water partition coefficient (Wildman–Crippen LogP) is 5.62. The number of nitrogens with zero attached hydrogens (tertiary/aromatic N) is 2. The summed E-state index contributed by atoms with van der Waals surface area (Å²) in [6.07, 6.45) is 4.77. The zero-order valence-corrected chi connectivity index (χ0v) is 18.7. The maximum Gasteiger partial charge on any atom is 0.410 e. The number of hydrogen-bond acceptors (Lipinski definition) is 4. The molecule has 5 heteroatoms. The Bertz CT molecular complexity index is 967. The summed E-state index contributed by atoms with van der Waals surface area (Å²) in [6, 6.07) is 17.9. The minimum Gasteiger partial charge on any atom is -0.497 e. The number of piperidine rings is 1. The van der Waals surface area contributed by atoms with Gasteiger partial charge in [0.25, 0.3) is 0 Å². The number of nitriles is 1. The first kappa shape index (κ1) is 22.4. The molecule has 162 valence electrons. The van der Waals surface area contributed by atoms with Crippen molar-refractivity contribution in [1.29, 1.82) is 5.26 Å². The van der Waals surface area contributed by atoms with Gasteiger partial charge >= 0.3 is 6.09 Å². The lowest BCUT2D eigenvalue weighted by atomic mass is 9.80. The molecule has 1 aliphatic heterocycles. The van der Waals surface area contributed by atoms with Crippen LogP contribution in [-0.2, 0) is 4.74 Å². The molecule has 1 saturated heterocycles. The summed E-state index contributed by atoms with van der Waals surface area (Å²) in [5.74, 6) is 1.23. The van der Waals surface area contributed by atoms with Gasteiger partial charge < -0.3 is 14.4 Å². The number of carbonyl (C=O) groups is 1. The van der Waals surface area contributed by atoms with Crippen LogP contribution in [0.2, 0.25) is 0 Å². The van der Waals surface area contributed by atoms with Crippen LogP contribution >= 0.6 is 0 Å². The molecule has 0 saturated carbocycles. The molecular formula is C26H30N2O3. The molecule has 1 fully saturated rings. The second-order valence-electron chi connectivity index (χ2n) is 8.85. The molecular weight excluding hydrogens is 388 g/mol. The molecule has 0 aromatic heterocycles. The van der Waals surface area contributed by atoms with E-state index < -0.39 is 5.60 Å². The van der Waals surface area contributed by atoms with E-state index in [0.717, 1.165) is 17.7 Å². The van der Waals surface area contributed by atoms with Gasteiger partial charge in [0.05, 0.1) is 18.7 Å². The summed E-state index contributed by atoms with van der Waals surface area (Å²) >= 11 is 0. The maximum atomic E-state index is 12.7. The molecule has 0 aliphatic carbocycles. The minimum atomic E-state index is -0.521. The van der Waals surface area contributed by atoms with E-state index in [0.29, 0.717) is 18.7 Å². The highest BCUT2D eigenvalue weighted by Crippen LogP contribution is 2.35. The van der Waals surface area contributed by atoms with Crippen molar-refractivity contribution in [2.24, 2.45) is 5.92 Å². The Labute approximate surface area is 184 Å². The van der Waals surface area contributed by atoms with Crippen molar-refractivity contribution in [3.05, 3.63) is 71.3 Å². The monoisotopic (exact) mass is 418 g/mol. The molecule has 0 N–H and O–H groups in total. The van der Waals surface area contributed by atoms with Crippen LogP contribution in [0, 0.1) is 17.2 Å². The number of likely N-dealkylation sites (tertiary alicyclic amines) is 1. The van der Waals surface area contributed by atoms with Crippen LogP contribution in [0.4, 0.5) is 4.79 Å². The molecule has 1 aliphatic rings. The summed E-state index contributed by atoms with van der Waals surface area (Å²) in [5.41, 5.74) is 2.31. The van der Waals surface area contributed by atoms with Gasteiger partial charge in [-0.2, -0.15) is 5.26 Å². The van der Waals surface area contributed by atoms with Crippen LogP contribution in [0.3, 0.4) is 0 Å². The Morgan fingerprint density at radius 3 is 2.58 bits per heavy atom. The standard InChI is InChI=1S/C26H30N2O3/c1-26(2,3)31-25(29)28-15-14-24(21-10-12-23(30-4)13-11-21)22(18-28)9-8-19-6-5-7-20(16-19)17-27/h5-13,16,22,24H,14-15,18H2,1-4H3/b9-8+/t22-,24+/m1/s1. The normalized spacial score (nSPS) is 19.1. The van der Waals surface area contributed by atoms with Gasteiger partial charge in [0.1, 0.15) is 11.4 Å². The van der Waals surface area contributed by atoms with Crippen LogP contribution in [0.1, 0.15) is 49.8 Å². The third-order valence-corrected chi connectivity index (χ3v) is 5.41. The summed E-state index contributed by atoms with van der Waals surface area (Å²) in [4.78, 5) is 14.5. The van der Waals surface area contributed by atoms with Crippen molar-refractivity contribution < 1.29 is 14.3 Å². The van der Waals surface area contributed by atoms with Gasteiger partial charge in [0.15, 0.2) is 0 Å². The van der Waals surface area contributed by atoms with Crippen LogP contribution in [0.15, 0.2) is 54.6 Å². The van der Waals surface area contributed by atoms with Crippen molar-refractivity contribution in [2.75, 3.05) is 20.2 Å². The number of amides is 1. The largest absolute Gasteiger partial charge is 0.497 e. The lowest BCUT2D eigenvalue weighted by Crippen LogP contribution is -2.44. The second kappa shape index (κ2) is 9.70. The fourth-order valence-corrected chi connectivity index (χ4v) is 3.88. The third-order valence-electron chi connectivity index (χ3n) is 5.41. The van der Waals surface area contributed by atoms with E-state index in [1.54, 1.807) is 18.1 Å². The van der Waals surface area contributed by atoms with E-state index in [1.165, 1.54) is 5.56 Å². The fraction of sp³-hybridized carbons (Fsp3) is 0.385. The third kappa shape index (κ3) is 6.11. The van der Waals surface area contributed by atoms with Gasteiger partial charge in [-0.15, -0.1) is 0 Å². The number of benzene rings is 2. The average Bonchev–Trinajstić information content (AvgIpc) is 2.76. The van der Waals surface area contributed by atoms with Crippen molar-refractivity contribution in [3.8, 4) is 11.8 Å². The van der Waals surface area contributed by atoms with Crippen molar-refractivity contribution in [2.45, 2.75) is 38.7 Å². The number of hydrogen-bond donors (Lipinski definition) is 0. The fourth-order valence-electron chi connectivity index (χ4n) is 3.88. The molecule has 0 unspecified atom stereocenters. The number of ether oxygens (including phenoxy) is 2. The van der Waals surface area contributed by atoms with Gasteiger partial charge in [0, 0.05) is 19.0 Å². The van der Waals surface area contributed by atoms with Crippen LogP contribution in [0.5, 0.6) is 5.75 Å². The SMILES string of the molecule is COc1ccc([C@@H]2CCN(C(=O)OC(C)(C)C)C[C@H]2/C=C/c2cccc(C#N)c2)cc1. The van der Waals surface area contributed by atoms with E-state index in [4.69, 9.17) is 14.7 Å². The zero-order chi connectivity index (χ0) is 22.4. The zero-order valence-electron chi connectivity index (χ0n) is 18.7.